The molecule has 184 valence electrons. The molecule has 0 saturated carbocycles. The molecule has 5 heterocycles. The van der Waals surface area contributed by atoms with Crippen molar-refractivity contribution in [3.8, 4) is 16.9 Å². The van der Waals surface area contributed by atoms with Gasteiger partial charge in [0.25, 0.3) is 0 Å². The van der Waals surface area contributed by atoms with Crippen LogP contribution in [0, 0.1) is 11.6 Å². The Hall–Kier alpha value is -3.54. The maximum Gasteiger partial charge on any atom is 0.156 e. The van der Waals surface area contributed by atoms with Crippen molar-refractivity contribution in [1.29, 1.82) is 0 Å². The number of hydrogen-bond acceptors (Lipinski definition) is 7. The number of aromatic amines is 1. The van der Waals surface area contributed by atoms with E-state index in [9.17, 15) is 9.50 Å². The fourth-order valence-electron chi connectivity index (χ4n) is 5.24. The predicted octanol–water partition coefficient (Wildman–Crippen LogP) is 3.86. The molecular formula is C24H21ClF2N8O. The van der Waals surface area contributed by atoms with E-state index in [-0.39, 0.29) is 22.8 Å². The first-order chi connectivity index (χ1) is 17.5. The molecule has 0 spiro atoms. The summed E-state index contributed by atoms with van der Waals surface area (Å²) in [7, 11) is 0. The molecule has 3 aromatic heterocycles. The fourth-order valence-corrected chi connectivity index (χ4v) is 5.40. The summed E-state index contributed by atoms with van der Waals surface area (Å²) in [4.78, 5) is 14.0. The smallest absolute Gasteiger partial charge is 0.156 e. The van der Waals surface area contributed by atoms with Crippen molar-refractivity contribution in [3.63, 3.8) is 0 Å². The third-order valence-corrected chi connectivity index (χ3v) is 7.24. The van der Waals surface area contributed by atoms with Gasteiger partial charge in [0.05, 0.1) is 35.2 Å². The van der Waals surface area contributed by atoms with Crippen LogP contribution in [0.2, 0.25) is 5.02 Å². The van der Waals surface area contributed by atoms with E-state index in [1.165, 1.54) is 23.3 Å². The summed E-state index contributed by atoms with van der Waals surface area (Å²) >= 11 is 6.13. The third kappa shape index (κ3) is 3.80. The number of aromatic nitrogens is 7. The zero-order valence-corrected chi connectivity index (χ0v) is 19.7. The van der Waals surface area contributed by atoms with Crippen molar-refractivity contribution in [2.75, 3.05) is 6.54 Å². The van der Waals surface area contributed by atoms with E-state index in [0.717, 1.165) is 24.2 Å². The second kappa shape index (κ2) is 9.16. The Morgan fingerprint density at radius 3 is 2.83 bits per heavy atom. The Kier molecular flexibility index (Phi) is 5.82. The molecule has 1 saturated heterocycles. The summed E-state index contributed by atoms with van der Waals surface area (Å²) in [5, 5.41) is 20.6. The van der Waals surface area contributed by atoms with Gasteiger partial charge < -0.3 is 10.1 Å². The van der Waals surface area contributed by atoms with Gasteiger partial charge in [-0.1, -0.05) is 17.7 Å². The Bertz CT molecular complexity index is 1450. The van der Waals surface area contributed by atoms with E-state index in [1.807, 2.05) is 6.08 Å². The van der Waals surface area contributed by atoms with Gasteiger partial charge in [0.2, 0.25) is 0 Å². The minimum absolute atomic E-state index is 0.00688. The van der Waals surface area contributed by atoms with Crippen LogP contribution in [-0.2, 0) is 6.61 Å². The summed E-state index contributed by atoms with van der Waals surface area (Å²) in [5.41, 5.74) is 2.64. The molecule has 2 aliphatic rings. The molecule has 12 heteroatoms. The van der Waals surface area contributed by atoms with Crippen LogP contribution in [0.4, 0.5) is 8.78 Å². The van der Waals surface area contributed by atoms with Gasteiger partial charge in [-0.25, -0.2) is 13.8 Å². The highest BCUT2D eigenvalue weighted by molar-refractivity contribution is 6.31. The molecule has 0 amide bonds. The van der Waals surface area contributed by atoms with Crippen molar-refractivity contribution in [2.24, 2.45) is 0 Å². The summed E-state index contributed by atoms with van der Waals surface area (Å²) in [6, 6.07) is 4.98. The van der Waals surface area contributed by atoms with Crippen LogP contribution < -0.4 is 0 Å². The molecule has 4 aromatic rings. The molecule has 0 radical (unpaired) electrons. The first kappa shape index (κ1) is 22.9. The lowest BCUT2D eigenvalue weighted by molar-refractivity contribution is 0.205. The first-order valence-corrected chi connectivity index (χ1v) is 11.9. The molecule has 9 nitrogen and oxygen atoms in total. The summed E-state index contributed by atoms with van der Waals surface area (Å²) in [6.45, 7) is 0.121. The lowest BCUT2D eigenvalue weighted by Crippen LogP contribution is -2.35. The summed E-state index contributed by atoms with van der Waals surface area (Å²) in [5.74, 6) is -0.308. The molecule has 0 bridgehead atoms. The molecule has 2 N–H and O–H groups in total. The number of benzene rings is 1. The Labute approximate surface area is 209 Å². The minimum atomic E-state index is -0.563. The van der Waals surface area contributed by atoms with E-state index in [1.54, 1.807) is 18.3 Å². The fraction of sp³-hybridized carbons (Fsp3) is 0.292. The number of aliphatic hydroxyl groups is 1. The lowest BCUT2D eigenvalue weighted by Gasteiger charge is -2.33. The molecule has 0 aliphatic carbocycles. The van der Waals surface area contributed by atoms with E-state index in [4.69, 9.17) is 11.6 Å². The van der Waals surface area contributed by atoms with Crippen molar-refractivity contribution in [3.05, 3.63) is 76.7 Å². The average molecular weight is 511 g/mol. The number of nitrogens with one attached hydrogen (secondary N) is 1. The number of halogens is 3. The van der Waals surface area contributed by atoms with E-state index in [2.05, 4.69) is 35.4 Å². The van der Waals surface area contributed by atoms with Crippen LogP contribution in [0.5, 0.6) is 0 Å². The Balaban J connectivity index is 1.29. The summed E-state index contributed by atoms with van der Waals surface area (Å²) < 4.78 is 31.3. The van der Waals surface area contributed by atoms with Gasteiger partial charge in [-0.3, -0.25) is 9.88 Å². The maximum atomic E-state index is 15.2. The maximum absolute atomic E-state index is 15.2. The van der Waals surface area contributed by atoms with Crippen LogP contribution in [0.15, 0.2) is 43.0 Å². The quantitative estimate of drug-likeness (QED) is 0.419. The van der Waals surface area contributed by atoms with Crippen molar-refractivity contribution in [1.82, 2.24) is 40.1 Å². The monoisotopic (exact) mass is 510 g/mol. The largest absolute Gasteiger partial charge is 0.390 e. The van der Waals surface area contributed by atoms with Gasteiger partial charge in [-0.2, -0.15) is 4.68 Å². The molecule has 0 unspecified atom stereocenters. The number of H-pyrrole nitrogens is 1. The predicted molar refractivity (Wildman–Crippen MR) is 127 cm³/mol. The van der Waals surface area contributed by atoms with Gasteiger partial charge in [0.15, 0.2) is 11.6 Å². The second-order valence-electron chi connectivity index (χ2n) is 8.85. The van der Waals surface area contributed by atoms with Crippen LogP contribution in [0.3, 0.4) is 0 Å². The zero-order valence-electron chi connectivity index (χ0n) is 18.9. The Morgan fingerprint density at radius 1 is 1.14 bits per heavy atom. The number of hydrogen-bond donors (Lipinski definition) is 2. The molecular weight excluding hydrogens is 490 g/mol. The van der Waals surface area contributed by atoms with E-state index >= 15 is 4.39 Å². The SMILES string of the molecule is OCc1nccc(-c2cnc([C@@H]3CC[C@@H]4CC(c5c(-n6cnnn6)ccc(Cl)c5F)=CCN43)[nH]2)c1F. The van der Waals surface area contributed by atoms with Crippen LogP contribution in [0.1, 0.15) is 42.4 Å². The Morgan fingerprint density at radius 2 is 2.03 bits per heavy atom. The average Bonchev–Trinajstić information content (AvgIpc) is 3.66. The minimum Gasteiger partial charge on any atom is -0.390 e. The van der Waals surface area contributed by atoms with Gasteiger partial charge in [0, 0.05) is 29.9 Å². The topological polar surface area (TPSA) is 109 Å². The number of aliphatic hydroxyl groups excluding tert-OH is 1. The van der Waals surface area contributed by atoms with Crippen LogP contribution in [-0.4, -0.2) is 57.8 Å². The van der Waals surface area contributed by atoms with Crippen molar-refractivity contribution >= 4 is 17.2 Å². The normalized spacial score (nSPS) is 19.9. The molecule has 2 atom stereocenters. The molecule has 36 heavy (non-hydrogen) atoms. The van der Waals surface area contributed by atoms with Gasteiger partial charge in [-0.15, -0.1) is 5.10 Å². The number of rotatable bonds is 5. The molecule has 1 fully saturated rings. The number of nitrogens with zero attached hydrogens (tertiary/aromatic N) is 7. The number of pyridine rings is 1. The summed E-state index contributed by atoms with van der Waals surface area (Å²) in [6.07, 6.45) is 8.90. The zero-order chi connectivity index (χ0) is 24.8. The molecule has 2 aliphatic heterocycles. The van der Waals surface area contributed by atoms with Gasteiger partial charge in [-0.05, 0) is 53.5 Å². The standard InChI is InChI=1S/C24H21ClF2N8O/c25-16-2-4-19(35-12-30-32-33-35)21(23(16)27)13-6-8-34-14(9-13)1-3-20(34)24-29-10-17(31-24)15-5-7-28-18(11-36)22(15)26/h2,4-7,10,12,14,20,36H,1,3,8-9,11H2,(H,29,31)/t14-,20+/m1/s1. The third-order valence-electron chi connectivity index (χ3n) is 6.95. The number of imidazole rings is 1. The van der Waals surface area contributed by atoms with E-state index < -0.39 is 18.2 Å². The van der Waals surface area contributed by atoms with Crippen molar-refractivity contribution < 1.29 is 13.9 Å². The first-order valence-electron chi connectivity index (χ1n) is 11.5. The molecule has 1 aromatic carbocycles. The highest BCUT2D eigenvalue weighted by Crippen LogP contribution is 2.43. The van der Waals surface area contributed by atoms with Crippen molar-refractivity contribution in [2.45, 2.75) is 38.0 Å². The molecule has 6 rings (SSSR count). The second-order valence-corrected chi connectivity index (χ2v) is 9.25. The van der Waals surface area contributed by atoms with Gasteiger partial charge >= 0.3 is 0 Å². The van der Waals surface area contributed by atoms with E-state index in [0.29, 0.717) is 35.5 Å². The van der Waals surface area contributed by atoms with Gasteiger partial charge in [0.1, 0.15) is 17.8 Å². The highest BCUT2D eigenvalue weighted by Gasteiger charge is 2.38. The highest BCUT2D eigenvalue weighted by atomic mass is 35.5. The van der Waals surface area contributed by atoms with Crippen LogP contribution in [0.25, 0.3) is 22.5 Å². The number of fused-ring (bicyclic) bond motifs is 1. The number of tetrazole rings is 1. The lowest BCUT2D eigenvalue weighted by atomic mass is 9.92. The van der Waals surface area contributed by atoms with Crippen LogP contribution >= 0.6 is 11.6 Å².